The van der Waals surface area contributed by atoms with Gasteiger partial charge in [0.05, 0.1) is 5.69 Å². The molecule has 0 amide bonds. The van der Waals surface area contributed by atoms with Crippen molar-refractivity contribution in [2.75, 3.05) is 0 Å². The second-order valence-corrected chi connectivity index (χ2v) is 7.93. The molecule has 1 heterocycles. The second-order valence-electron chi connectivity index (χ2n) is 5.99. The maximum absolute atomic E-state index is 6.30. The third-order valence-corrected chi connectivity index (χ3v) is 5.38. The Balaban J connectivity index is 2.01. The largest absolute Gasteiger partial charge is 0.323 e. The zero-order valence-electron chi connectivity index (χ0n) is 11.1. The van der Waals surface area contributed by atoms with E-state index in [4.69, 9.17) is 10.7 Å². The van der Waals surface area contributed by atoms with Crippen LogP contribution in [0.4, 0.5) is 0 Å². The molecule has 0 aliphatic heterocycles. The van der Waals surface area contributed by atoms with Crippen molar-refractivity contribution in [2.45, 2.75) is 32.7 Å². The summed E-state index contributed by atoms with van der Waals surface area (Å²) in [5, 5.41) is 1.09. The number of fused-ring (bicyclic) bond motifs is 1. The Morgan fingerprint density at radius 2 is 2.00 bits per heavy atom. The van der Waals surface area contributed by atoms with E-state index in [1.54, 1.807) is 11.3 Å². The summed E-state index contributed by atoms with van der Waals surface area (Å²) in [4.78, 5) is 6.10. The third-order valence-electron chi connectivity index (χ3n) is 3.57. The van der Waals surface area contributed by atoms with Gasteiger partial charge in [0.1, 0.15) is 5.01 Å². The van der Waals surface area contributed by atoms with Gasteiger partial charge in [-0.2, -0.15) is 0 Å². The Kier molecular flexibility index (Phi) is 3.28. The molecule has 1 aromatic heterocycles. The normalized spacial score (nSPS) is 21.2. The molecule has 2 N–H and O–H groups in total. The van der Waals surface area contributed by atoms with Crippen molar-refractivity contribution in [3.8, 4) is 10.6 Å². The maximum atomic E-state index is 6.30. The molecule has 0 saturated carbocycles. The molecule has 4 heteroatoms. The Morgan fingerprint density at radius 3 is 2.68 bits per heavy atom. The van der Waals surface area contributed by atoms with E-state index in [0.717, 1.165) is 22.3 Å². The lowest BCUT2D eigenvalue weighted by molar-refractivity contribution is 0.282. The summed E-state index contributed by atoms with van der Waals surface area (Å²) in [5.41, 5.74) is 8.94. The fourth-order valence-corrected chi connectivity index (χ4v) is 4.06. The molecule has 0 saturated heterocycles. The minimum atomic E-state index is 0.139. The van der Waals surface area contributed by atoms with Crippen LogP contribution in [-0.4, -0.2) is 4.98 Å². The third kappa shape index (κ3) is 2.62. The summed E-state index contributed by atoms with van der Waals surface area (Å²) in [7, 11) is 0. The van der Waals surface area contributed by atoms with E-state index in [1.807, 2.05) is 0 Å². The van der Waals surface area contributed by atoms with E-state index in [0.29, 0.717) is 0 Å². The van der Waals surface area contributed by atoms with E-state index in [9.17, 15) is 0 Å². The SMILES string of the molecule is CC1(C)Cc2nc(-c3ccc(Br)cc3)sc2C(N)C1. The minimum Gasteiger partial charge on any atom is -0.323 e. The standard InChI is InChI=1S/C15H17BrN2S/c1-15(2)7-11(17)13-12(8-15)18-14(19-13)9-3-5-10(16)6-4-9/h3-6,11H,7-8,17H2,1-2H3. The Bertz CT molecular complexity index is 601. The van der Waals surface area contributed by atoms with E-state index >= 15 is 0 Å². The average Bonchev–Trinajstić information content (AvgIpc) is 2.72. The molecule has 0 spiro atoms. The van der Waals surface area contributed by atoms with Crippen LogP contribution in [0, 0.1) is 5.41 Å². The van der Waals surface area contributed by atoms with E-state index in [2.05, 4.69) is 54.0 Å². The fourth-order valence-electron chi connectivity index (χ4n) is 2.71. The number of nitrogens with zero attached hydrogens (tertiary/aromatic N) is 1. The fraction of sp³-hybridized carbons (Fsp3) is 0.400. The molecule has 1 atom stereocenters. The molecule has 0 fully saturated rings. The zero-order chi connectivity index (χ0) is 13.6. The van der Waals surface area contributed by atoms with Crippen LogP contribution < -0.4 is 5.73 Å². The van der Waals surface area contributed by atoms with Gasteiger partial charge < -0.3 is 5.73 Å². The van der Waals surface area contributed by atoms with Gasteiger partial charge in [0.25, 0.3) is 0 Å². The quantitative estimate of drug-likeness (QED) is 0.829. The first-order chi connectivity index (χ1) is 8.94. The molecule has 3 rings (SSSR count). The van der Waals surface area contributed by atoms with Crippen molar-refractivity contribution < 1.29 is 0 Å². The van der Waals surface area contributed by atoms with Crippen LogP contribution in [0.15, 0.2) is 28.7 Å². The molecule has 0 bridgehead atoms. The first-order valence-electron chi connectivity index (χ1n) is 6.46. The topological polar surface area (TPSA) is 38.9 Å². The summed E-state index contributed by atoms with van der Waals surface area (Å²) in [6, 6.07) is 8.45. The van der Waals surface area contributed by atoms with E-state index in [-0.39, 0.29) is 11.5 Å². The lowest BCUT2D eigenvalue weighted by Gasteiger charge is -2.32. The lowest BCUT2D eigenvalue weighted by atomic mass is 9.77. The van der Waals surface area contributed by atoms with Crippen LogP contribution >= 0.6 is 27.3 Å². The van der Waals surface area contributed by atoms with Gasteiger partial charge >= 0.3 is 0 Å². The van der Waals surface area contributed by atoms with Gasteiger partial charge in [0.2, 0.25) is 0 Å². The predicted octanol–water partition coefficient (Wildman–Crippen LogP) is 4.54. The highest BCUT2D eigenvalue weighted by molar-refractivity contribution is 9.10. The van der Waals surface area contributed by atoms with Gasteiger partial charge in [0, 0.05) is 21.0 Å². The highest BCUT2D eigenvalue weighted by Crippen LogP contribution is 2.43. The smallest absolute Gasteiger partial charge is 0.123 e. The van der Waals surface area contributed by atoms with E-state index in [1.165, 1.54) is 16.1 Å². The number of hydrogen-bond donors (Lipinski definition) is 1. The van der Waals surface area contributed by atoms with Crippen LogP contribution in [0.1, 0.15) is 36.9 Å². The van der Waals surface area contributed by atoms with E-state index < -0.39 is 0 Å². The number of nitrogens with two attached hydrogens (primary N) is 1. The molecule has 2 aromatic rings. The number of benzene rings is 1. The van der Waals surface area contributed by atoms with Crippen molar-refractivity contribution in [2.24, 2.45) is 11.1 Å². The number of rotatable bonds is 1. The number of aromatic nitrogens is 1. The molecule has 100 valence electrons. The van der Waals surface area contributed by atoms with Gasteiger partial charge in [-0.1, -0.05) is 41.9 Å². The first kappa shape index (κ1) is 13.3. The molecule has 1 aliphatic rings. The van der Waals surface area contributed by atoms with Crippen LogP contribution in [-0.2, 0) is 6.42 Å². The molecule has 19 heavy (non-hydrogen) atoms. The minimum absolute atomic E-state index is 0.139. The van der Waals surface area contributed by atoms with Crippen LogP contribution in [0.2, 0.25) is 0 Å². The summed E-state index contributed by atoms with van der Waals surface area (Å²) >= 11 is 5.21. The predicted molar refractivity (Wildman–Crippen MR) is 84.3 cm³/mol. The second kappa shape index (κ2) is 4.69. The van der Waals surface area contributed by atoms with Gasteiger partial charge in [-0.3, -0.25) is 0 Å². The lowest BCUT2D eigenvalue weighted by Crippen LogP contribution is -2.28. The molecule has 0 radical (unpaired) electrons. The van der Waals surface area contributed by atoms with Crippen LogP contribution in [0.5, 0.6) is 0 Å². The Hall–Kier alpha value is -0.710. The van der Waals surface area contributed by atoms with Crippen molar-refractivity contribution in [1.82, 2.24) is 4.98 Å². The summed E-state index contributed by atoms with van der Waals surface area (Å²) in [6.07, 6.45) is 2.07. The number of halogens is 1. The van der Waals surface area contributed by atoms with Crippen molar-refractivity contribution in [3.63, 3.8) is 0 Å². The average molecular weight is 337 g/mol. The van der Waals surface area contributed by atoms with Crippen molar-refractivity contribution in [1.29, 1.82) is 0 Å². The summed E-state index contributed by atoms with van der Waals surface area (Å²) in [6.45, 7) is 4.54. The monoisotopic (exact) mass is 336 g/mol. The van der Waals surface area contributed by atoms with Crippen molar-refractivity contribution >= 4 is 27.3 Å². The highest BCUT2D eigenvalue weighted by atomic mass is 79.9. The molecule has 1 aromatic carbocycles. The highest BCUT2D eigenvalue weighted by Gasteiger charge is 2.33. The number of thiazole rings is 1. The van der Waals surface area contributed by atoms with Gasteiger partial charge in [-0.15, -0.1) is 11.3 Å². The summed E-state index contributed by atoms with van der Waals surface area (Å²) in [5.74, 6) is 0. The first-order valence-corrected chi connectivity index (χ1v) is 8.07. The Labute approximate surface area is 126 Å². The maximum Gasteiger partial charge on any atom is 0.123 e. The molecule has 1 unspecified atom stereocenters. The van der Waals surface area contributed by atoms with Crippen LogP contribution in [0.3, 0.4) is 0 Å². The zero-order valence-corrected chi connectivity index (χ0v) is 13.5. The molecular weight excluding hydrogens is 320 g/mol. The molecular formula is C15H17BrN2S. The number of hydrogen-bond acceptors (Lipinski definition) is 3. The Morgan fingerprint density at radius 1 is 1.32 bits per heavy atom. The summed E-state index contributed by atoms with van der Waals surface area (Å²) < 4.78 is 1.09. The van der Waals surface area contributed by atoms with Gasteiger partial charge in [0.15, 0.2) is 0 Å². The molecule has 1 aliphatic carbocycles. The van der Waals surface area contributed by atoms with Crippen molar-refractivity contribution in [3.05, 3.63) is 39.3 Å². The molecule has 2 nitrogen and oxygen atoms in total. The van der Waals surface area contributed by atoms with Gasteiger partial charge in [-0.25, -0.2) is 4.98 Å². The van der Waals surface area contributed by atoms with Crippen LogP contribution in [0.25, 0.3) is 10.6 Å². The van der Waals surface area contributed by atoms with Gasteiger partial charge in [-0.05, 0) is 30.4 Å².